The van der Waals surface area contributed by atoms with E-state index in [9.17, 15) is 9.59 Å². The third-order valence-electron chi connectivity index (χ3n) is 8.29. The van der Waals surface area contributed by atoms with Crippen molar-refractivity contribution in [2.75, 3.05) is 0 Å². The van der Waals surface area contributed by atoms with Crippen molar-refractivity contribution >= 4 is 11.6 Å². The van der Waals surface area contributed by atoms with Crippen LogP contribution in [0.4, 0.5) is 0 Å². The number of hydrogen-bond acceptors (Lipinski definition) is 2. The number of carbonyl (C=O) groups is 2. The second-order valence-corrected chi connectivity index (χ2v) is 9.14. The summed E-state index contributed by atoms with van der Waals surface area (Å²) in [6, 6.07) is 0. The fourth-order valence-electron chi connectivity index (χ4n) is 6.79. The molecule has 0 saturated heterocycles. The Morgan fingerprint density at radius 2 is 1.75 bits per heavy atom. The summed E-state index contributed by atoms with van der Waals surface area (Å²) < 4.78 is 0. The Bertz CT molecular complexity index is 780. The summed E-state index contributed by atoms with van der Waals surface area (Å²) in [6.07, 6.45) is 13.0. The Labute approximate surface area is 144 Å². The second-order valence-electron chi connectivity index (χ2n) is 9.14. The molecule has 5 aliphatic carbocycles. The zero-order valence-electron chi connectivity index (χ0n) is 14.8. The molecule has 5 rings (SSSR count). The number of carbonyl (C=O) groups excluding carboxylic acids is 2. The number of ketones is 2. The molecule has 0 aromatic heterocycles. The van der Waals surface area contributed by atoms with E-state index in [4.69, 9.17) is 0 Å². The number of fused-ring (bicyclic) bond motifs is 3. The Hall–Kier alpha value is -1.44. The van der Waals surface area contributed by atoms with Crippen molar-refractivity contribution in [1.82, 2.24) is 0 Å². The first kappa shape index (κ1) is 14.9. The van der Waals surface area contributed by atoms with E-state index in [1.54, 1.807) is 5.57 Å². The molecule has 2 nitrogen and oxygen atoms in total. The molecule has 0 aromatic rings. The Balaban J connectivity index is 1.67. The predicted octanol–water partition coefficient (Wildman–Crippen LogP) is 4.85. The molecule has 3 atom stereocenters. The van der Waals surface area contributed by atoms with Gasteiger partial charge >= 0.3 is 0 Å². The minimum Gasteiger partial charge on any atom is -0.299 e. The smallest absolute Gasteiger partial charge is 0.155 e. The Morgan fingerprint density at radius 1 is 0.917 bits per heavy atom. The van der Waals surface area contributed by atoms with Crippen LogP contribution in [0.25, 0.3) is 0 Å². The maximum absolute atomic E-state index is 13.0. The summed E-state index contributed by atoms with van der Waals surface area (Å²) in [4.78, 5) is 24.9. The lowest BCUT2D eigenvalue weighted by atomic mass is 9.52. The standard InChI is InChI=1S/C22H26O2/c1-20-9-6-18-16-4-3-14-13-15(23)5-11-21(14,2)17(16)7-12-22(18,20)19(24)8-10-20/h6,13H,3-5,7-12H2,1-2H3/t20-,21-,22+/m0/s1. The van der Waals surface area contributed by atoms with Crippen molar-refractivity contribution in [2.45, 2.75) is 71.6 Å². The highest BCUT2D eigenvalue weighted by molar-refractivity contribution is 5.95. The van der Waals surface area contributed by atoms with E-state index in [0.29, 0.717) is 18.0 Å². The van der Waals surface area contributed by atoms with Crippen LogP contribution in [0.2, 0.25) is 0 Å². The number of Topliss-reactive ketones (excluding diaryl/α,β-unsaturated/α-hetero) is 1. The highest BCUT2D eigenvalue weighted by Crippen LogP contribution is 2.69. The summed E-state index contributed by atoms with van der Waals surface area (Å²) in [5.41, 5.74) is 5.90. The first-order chi connectivity index (χ1) is 11.4. The van der Waals surface area contributed by atoms with E-state index < -0.39 is 0 Å². The molecular formula is C22H26O2. The molecule has 1 spiro atoms. The molecule has 1 fully saturated rings. The Morgan fingerprint density at radius 3 is 2.58 bits per heavy atom. The molecule has 0 heterocycles. The average molecular weight is 322 g/mol. The van der Waals surface area contributed by atoms with Crippen LogP contribution in [0, 0.1) is 16.2 Å². The van der Waals surface area contributed by atoms with Crippen LogP contribution >= 0.6 is 0 Å². The van der Waals surface area contributed by atoms with Crippen LogP contribution in [-0.2, 0) is 9.59 Å². The van der Waals surface area contributed by atoms with Gasteiger partial charge in [0.2, 0.25) is 0 Å². The van der Waals surface area contributed by atoms with Crippen molar-refractivity contribution in [3.05, 3.63) is 34.4 Å². The third-order valence-corrected chi connectivity index (χ3v) is 8.29. The van der Waals surface area contributed by atoms with E-state index in [2.05, 4.69) is 19.9 Å². The van der Waals surface area contributed by atoms with Crippen LogP contribution < -0.4 is 0 Å². The van der Waals surface area contributed by atoms with Crippen molar-refractivity contribution in [3.63, 3.8) is 0 Å². The lowest BCUT2D eigenvalue weighted by Gasteiger charge is -2.50. The summed E-state index contributed by atoms with van der Waals surface area (Å²) in [7, 11) is 0. The van der Waals surface area contributed by atoms with Crippen molar-refractivity contribution in [2.24, 2.45) is 16.2 Å². The van der Waals surface area contributed by atoms with Gasteiger partial charge in [0.1, 0.15) is 5.78 Å². The molecule has 0 bridgehead atoms. The van der Waals surface area contributed by atoms with E-state index in [-0.39, 0.29) is 16.2 Å². The zero-order chi connectivity index (χ0) is 16.7. The van der Waals surface area contributed by atoms with E-state index in [0.717, 1.165) is 51.4 Å². The van der Waals surface area contributed by atoms with Crippen molar-refractivity contribution < 1.29 is 9.59 Å². The van der Waals surface area contributed by atoms with Crippen LogP contribution in [0.5, 0.6) is 0 Å². The largest absolute Gasteiger partial charge is 0.299 e. The van der Waals surface area contributed by atoms with Gasteiger partial charge in [-0.3, -0.25) is 9.59 Å². The fraction of sp³-hybridized carbons (Fsp3) is 0.636. The lowest BCUT2D eigenvalue weighted by Crippen LogP contribution is -2.43. The molecule has 1 saturated carbocycles. The van der Waals surface area contributed by atoms with Crippen LogP contribution in [0.15, 0.2) is 34.4 Å². The number of rotatable bonds is 0. The molecule has 24 heavy (non-hydrogen) atoms. The molecule has 0 aromatic carbocycles. The van der Waals surface area contributed by atoms with Crippen molar-refractivity contribution in [1.29, 1.82) is 0 Å². The first-order valence-electron chi connectivity index (χ1n) is 9.61. The monoisotopic (exact) mass is 322 g/mol. The van der Waals surface area contributed by atoms with Gasteiger partial charge in [-0.1, -0.05) is 31.1 Å². The van der Waals surface area contributed by atoms with Crippen molar-refractivity contribution in [3.8, 4) is 0 Å². The molecule has 5 aliphatic rings. The molecule has 0 radical (unpaired) electrons. The SMILES string of the molecule is C[C@]12CCC(=O)C=C1CCC1=C2CC[C@@]23C(=O)CC[C@]2(C)CC=C13. The molecule has 0 N–H and O–H groups in total. The van der Waals surface area contributed by atoms with Gasteiger partial charge in [-0.25, -0.2) is 0 Å². The van der Waals surface area contributed by atoms with Gasteiger partial charge in [0, 0.05) is 18.3 Å². The quantitative estimate of drug-likeness (QED) is 0.639. The number of allylic oxidation sites excluding steroid dienone is 6. The second kappa shape index (κ2) is 4.39. The fourth-order valence-corrected chi connectivity index (χ4v) is 6.79. The minimum atomic E-state index is -0.173. The molecule has 0 aliphatic heterocycles. The summed E-state index contributed by atoms with van der Waals surface area (Å²) in [6.45, 7) is 4.70. The maximum atomic E-state index is 13.0. The van der Waals surface area contributed by atoms with Crippen LogP contribution in [0.3, 0.4) is 0 Å². The van der Waals surface area contributed by atoms with Crippen LogP contribution in [-0.4, -0.2) is 11.6 Å². The topological polar surface area (TPSA) is 34.1 Å². The molecule has 126 valence electrons. The van der Waals surface area contributed by atoms with Gasteiger partial charge in [-0.15, -0.1) is 0 Å². The summed E-state index contributed by atoms with van der Waals surface area (Å²) >= 11 is 0. The molecular weight excluding hydrogens is 296 g/mol. The Kier molecular flexibility index (Phi) is 2.72. The first-order valence-corrected chi connectivity index (χ1v) is 9.61. The van der Waals surface area contributed by atoms with Gasteiger partial charge in [0.05, 0.1) is 5.41 Å². The van der Waals surface area contributed by atoms with Gasteiger partial charge in [-0.05, 0) is 67.6 Å². The van der Waals surface area contributed by atoms with Gasteiger partial charge in [0.15, 0.2) is 5.78 Å². The molecule has 2 heteroatoms. The minimum absolute atomic E-state index is 0.0740. The van der Waals surface area contributed by atoms with Gasteiger partial charge < -0.3 is 0 Å². The van der Waals surface area contributed by atoms with Gasteiger partial charge in [0.25, 0.3) is 0 Å². The highest BCUT2D eigenvalue weighted by Gasteiger charge is 2.63. The van der Waals surface area contributed by atoms with E-state index in [1.165, 1.54) is 16.7 Å². The summed E-state index contributed by atoms with van der Waals surface area (Å²) in [5, 5.41) is 0. The zero-order valence-corrected chi connectivity index (χ0v) is 14.8. The average Bonchev–Trinajstić information content (AvgIpc) is 2.99. The van der Waals surface area contributed by atoms with Gasteiger partial charge in [-0.2, -0.15) is 0 Å². The van der Waals surface area contributed by atoms with E-state index >= 15 is 0 Å². The number of hydrogen-bond donors (Lipinski definition) is 0. The normalized spacial score (nSPS) is 43.8. The highest BCUT2D eigenvalue weighted by atomic mass is 16.1. The lowest BCUT2D eigenvalue weighted by molar-refractivity contribution is -0.127. The summed E-state index contributed by atoms with van der Waals surface area (Å²) in [5.74, 6) is 0.808. The third kappa shape index (κ3) is 1.49. The van der Waals surface area contributed by atoms with Crippen LogP contribution in [0.1, 0.15) is 71.6 Å². The predicted molar refractivity (Wildman–Crippen MR) is 93.4 cm³/mol. The maximum Gasteiger partial charge on any atom is 0.155 e. The molecule has 0 unspecified atom stereocenters. The van der Waals surface area contributed by atoms with E-state index in [1.807, 2.05) is 6.08 Å². The molecule has 0 amide bonds.